The highest BCUT2D eigenvalue weighted by Gasteiger charge is 2.29. The zero-order valence-electron chi connectivity index (χ0n) is 9.34. The number of carbonyl (C=O) groups is 1. The Labute approximate surface area is 85.8 Å². The highest BCUT2D eigenvalue weighted by molar-refractivity contribution is 5.82. The fourth-order valence-corrected chi connectivity index (χ4v) is 1.53. The topological polar surface area (TPSA) is 58.4 Å². The number of nitrogens with zero attached hydrogens (tertiary/aromatic N) is 1. The van der Waals surface area contributed by atoms with Crippen molar-refractivity contribution in [3.8, 4) is 0 Å². The molecule has 4 nitrogen and oxygen atoms in total. The average molecular weight is 199 g/mol. The van der Waals surface area contributed by atoms with E-state index in [1.54, 1.807) is 0 Å². The fraction of sp³-hybridized carbons (Fsp3) is 0.900. The van der Waals surface area contributed by atoms with Crippen LogP contribution in [0.1, 0.15) is 20.3 Å². The largest absolute Gasteiger partial charge is 0.352 e. The number of hydrogen-bond donors (Lipinski definition) is 2. The molecule has 1 amide bonds. The van der Waals surface area contributed by atoms with Crippen LogP contribution >= 0.6 is 0 Å². The number of nitrogens with two attached hydrogens (primary N) is 1. The number of likely N-dealkylation sites (tertiary alicyclic amines) is 1. The van der Waals surface area contributed by atoms with Gasteiger partial charge in [0, 0.05) is 19.1 Å². The molecule has 0 aromatic carbocycles. The molecule has 82 valence electrons. The second kappa shape index (κ2) is 4.28. The minimum atomic E-state index is -0.443. The minimum absolute atomic E-state index is 0.0697. The van der Waals surface area contributed by atoms with Gasteiger partial charge in [0.2, 0.25) is 5.91 Å². The molecular formula is C10H21N3O. The van der Waals surface area contributed by atoms with Gasteiger partial charge < -0.3 is 16.0 Å². The van der Waals surface area contributed by atoms with E-state index < -0.39 is 5.41 Å². The molecular weight excluding hydrogens is 178 g/mol. The van der Waals surface area contributed by atoms with Gasteiger partial charge in [-0.1, -0.05) is 0 Å². The Morgan fingerprint density at radius 1 is 1.64 bits per heavy atom. The van der Waals surface area contributed by atoms with E-state index >= 15 is 0 Å². The van der Waals surface area contributed by atoms with Crippen molar-refractivity contribution in [3.63, 3.8) is 0 Å². The third-order valence-corrected chi connectivity index (χ3v) is 2.85. The van der Waals surface area contributed by atoms with Crippen LogP contribution in [0.2, 0.25) is 0 Å². The molecule has 1 aliphatic rings. The molecule has 1 aliphatic heterocycles. The lowest BCUT2D eigenvalue weighted by Gasteiger charge is -2.24. The molecule has 0 aliphatic carbocycles. The Hall–Kier alpha value is -0.610. The van der Waals surface area contributed by atoms with Crippen molar-refractivity contribution < 1.29 is 4.79 Å². The van der Waals surface area contributed by atoms with Crippen LogP contribution in [0, 0.1) is 5.41 Å². The summed E-state index contributed by atoms with van der Waals surface area (Å²) < 4.78 is 0. The summed E-state index contributed by atoms with van der Waals surface area (Å²) >= 11 is 0. The molecule has 0 bridgehead atoms. The zero-order valence-corrected chi connectivity index (χ0v) is 9.34. The average Bonchev–Trinajstić information content (AvgIpc) is 2.51. The van der Waals surface area contributed by atoms with Crippen molar-refractivity contribution in [2.75, 3.05) is 26.7 Å². The molecule has 1 unspecified atom stereocenters. The van der Waals surface area contributed by atoms with Crippen LogP contribution in [-0.4, -0.2) is 43.5 Å². The third kappa shape index (κ3) is 2.69. The minimum Gasteiger partial charge on any atom is -0.352 e. The van der Waals surface area contributed by atoms with E-state index in [4.69, 9.17) is 5.73 Å². The van der Waals surface area contributed by atoms with Gasteiger partial charge in [-0.05, 0) is 33.9 Å². The Kier molecular flexibility index (Phi) is 3.50. The number of carbonyl (C=O) groups excluding carboxylic acids is 1. The molecule has 3 N–H and O–H groups in total. The van der Waals surface area contributed by atoms with Gasteiger partial charge in [-0.25, -0.2) is 0 Å². The molecule has 4 heteroatoms. The van der Waals surface area contributed by atoms with E-state index in [2.05, 4.69) is 17.3 Å². The van der Waals surface area contributed by atoms with Crippen molar-refractivity contribution >= 4 is 5.91 Å². The monoisotopic (exact) mass is 199 g/mol. The summed E-state index contributed by atoms with van der Waals surface area (Å²) in [6.07, 6.45) is 1.04. The predicted molar refractivity (Wildman–Crippen MR) is 56.9 cm³/mol. The molecule has 0 spiro atoms. The smallest absolute Gasteiger partial charge is 0.227 e. The normalized spacial score (nSPS) is 23.9. The lowest BCUT2D eigenvalue weighted by Crippen LogP contribution is -2.46. The fourth-order valence-electron chi connectivity index (χ4n) is 1.53. The van der Waals surface area contributed by atoms with Crippen LogP contribution in [0.5, 0.6) is 0 Å². The van der Waals surface area contributed by atoms with Gasteiger partial charge in [-0.2, -0.15) is 0 Å². The van der Waals surface area contributed by atoms with Gasteiger partial charge in [0.05, 0.1) is 5.41 Å². The Balaban J connectivity index is 2.41. The second-order valence-electron chi connectivity index (χ2n) is 4.81. The maximum absolute atomic E-state index is 11.7. The Bertz CT molecular complexity index is 215. The molecule has 1 rings (SSSR count). The van der Waals surface area contributed by atoms with Gasteiger partial charge in [0.15, 0.2) is 0 Å². The quantitative estimate of drug-likeness (QED) is 0.661. The van der Waals surface area contributed by atoms with Crippen LogP contribution < -0.4 is 11.1 Å². The number of nitrogens with one attached hydrogen (secondary N) is 1. The van der Waals surface area contributed by atoms with Crippen molar-refractivity contribution in [1.82, 2.24) is 10.2 Å². The van der Waals surface area contributed by atoms with E-state index in [0.29, 0.717) is 12.6 Å². The maximum atomic E-state index is 11.7. The molecule has 0 saturated carbocycles. The van der Waals surface area contributed by atoms with Gasteiger partial charge in [0.1, 0.15) is 0 Å². The SMILES string of the molecule is CN1CCC(NC(=O)C(C)(C)CN)C1. The summed E-state index contributed by atoms with van der Waals surface area (Å²) in [5.41, 5.74) is 5.09. The van der Waals surface area contributed by atoms with Crippen LogP contribution in [0.4, 0.5) is 0 Å². The summed E-state index contributed by atoms with van der Waals surface area (Å²) in [4.78, 5) is 14.0. The van der Waals surface area contributed by atoms with Gasteiger partial charge in [0.25, 0.3) is 0 Å². The first-order valence-electron chi connectivity index (χ1n) is 5.15. The summed E-state index contributed by atoms with van der Waals surface area (Å²) in [6.45, 7) is 6.16. The summed E-state index contributed by atoms with van der Waals surface area (Å²) in [6, 6.07) is 0.304. The predicted octanol–water partition coefficient (Wildman–Crippen LogP) is -0.208. The molecule has 1 heterocycles. The first kappa shape index (κ1) is 11.5. The second-order valence-corrected chi connectivity index (χ2v) is 4.81. The standard InChI is InChI=1S/C10H21N3O/c1-10(2,7-11)9(14)12-8-4-5-13(3)6-8/h8H,4-7,11H2,1-3H3,(H,12,14). The van der Waals surface area contributed by atoms with Crippen LogP contribution in [0.15, 0.2) is 0 Å². The van der Waals surface area contributed by atoms with Crippen molar-refractivity contribution in [1.29, 1.82) is 0 Å². The maximum Gasteiger partial charge on any atom is 0.227 e. The van der Waals surface area contributed by atoms with E-state index in [-0.39, 0.29) is 5.91 Å². The summed E-state index contributed by atoms with van der Waals surface area (Å²) in [5, 5.41) is 3.04. The van der Waals surface area contributed by atoms with E-state index in [9.17, 15) is 4.79 Å². The summed E-state index contributed by atoms with van der Waals surface area (Å²) in [5.74, 6) is 0.0697. The molecule has 0 aromatic heterocycles. The van der Waals surface area contributed by atoms with Crippen LogP contribution in [0.25, 0.3) is 0 Å². The lowest BCUT2D eigenvalue weighted by atomic mass is 9.92. The molecule has 0 radical (unpaired) electrons. The van der Waals surface area contributed by atoms with Crippen LogP contribution in [-0.2, 0) is 4.79 Å². The highest BCUT2D eigenvalue weighted by atomic mass is 16.2. The highest BCUT2D eigenvalue weighted by Crippen LogP contribution is 2.14. The van der Waals surface area contributed by atoms with Crippen molar-refractivity contribution in [3.05, 3.63) is 0 Å². The van der Waals surface area contributed by atoms with Gasteiger partial charge in [-0.3, -0.25) is 4.79 Å². The van der Waals surface area contributed by atoms with E-state index in [0.717, 1.165) is 19.5 Å². The van der Waals surface area contributed by atoms with Crippen LogP contribution in [0.3, 0.4) is 0 Å². The third-order valence-electron chi connectivity index (χ3n) is 2.85. The molecule has 1 atom stereocenters. The van der Waals surface area contributed by atoms with Gasteiger partial charge in [-0.15, -0.1) is 0 Å². The number of likely N-dealkylation sites (N-methyl/N-ethyl adjacent to an activating group) is 1. The first-order valence-corrected chi connectivity index (χ1v) is 5.15. The molecule has 1 saturated heterocycles. The molecule has 0 aromatic rings. The number of hydrogen-bond acceptors (Lipinski definition) is 3. The molecule has 1 fully saturated rings. The zero-order chi connectivity index (χ0) is 10.8. The van der Waals surface area contributed by atoms with Crippen molar-refractivity contribution in [2.45, 2.75) is 26.3 Å². The number of amides is 1. The molecule has 14 heavy (non-hydrogen) atoms. The van der Waals surface area contributed by atoms with E-state index in [1.807, 2.05) is 13.8 Å². The number of rotatable bonds is 3. The van der Waals surface area contributed by atoms with E-state index in [1.165, 1.54) is 0 Å². The first-order chi connectivity index (χ1) is 6.45. The lowest BCUT2D eigenvalue weighted by molar-refractivity contribution is -0.129. The summed E-state index contributed by atoms with van der Waals surface area (Å²) in [7, 11) is 2.07. The Morgan fingerprint density at radius 2 is 2.29 bits per heavy atom. The Morgan fingerprint density at radius 3 is 2.71 bits per heavy atom. The van der Waals surface area contributed by atoms with Gasteiger partial charge >= 0.3 is 0 Å². The van der Waals surface area contributed by atoms with Crippen molar-refractivity contribution in [2.24, 2.45) is 11.1 Å².